The van der Waals surface area contributed by atoms with Crippen LogP contribution in [0.1, 0.15) is 19.4 Å². The number of ether oxygens (including phenoxy) is 2. The molecule has 0 bridgehead atoms. The highest BCUT2D eigenvalue weighted by Gasteiger charge is 2.36. The maximum atomic E-state index is 12.4. The molecule has 2 heterocycles. The molecule has 2 aliphatic rings. The molecule has 3 rings (SSSR count). The predicted molar refractivity (Wildman–Crippen MR) is 93.1 cm³/mol. The predicted octanol–water partition coefficient (Wildman–Crippen LogP) is 2.22. The van der Waals surface area contributed by atoms with Gasteiger partial charge in [-0.2, -0.15) is 0 Å². The Hall–Kier alpha value is -2.48. The molecule has 1 fully saturated rings. The molecular formula is C17H18N2O5S. The van der Waals surface area contributed by atoms with Crippen LogP contribution in [0.3, 0.4) is 0 Å². The first-order chi connectivity index (χ1) is 11.9. The summed E-state index contributed by atoms with van der Waals surface area (Å²) in [5.41, 5.74) is 0.721. The zero-order valence-electron chi connectivity index (χ0n) is 13.9. The van der Waals surface area contributed by atoms with Gasteiger partial charge in [-0.05, 0) is 41.5 Å². The van der Waals surface area contributed by atoms with E-state index in [0.29, 0.717) is 24.0 Å². The lowest BCUT2D eigenvalue weighted by Gasteiger charge is -2.13. The van der Waals surface area contributed by atoms with Gasteiger partial charge in [0.15, 0.2) is 11.5 Å². The molecule has 2 aliphatic heterocycles. The lowest BCUT2D eigenvalue weighted by atomic mass is 10.2. The van der Waals surface area contributed by atoms with Gasteiger partial charge in [-0.1, -0.05) is 19.9 Å². The first-order valence-corrected chi connectivity index (χ1v) is 8.67. The second kappa shape index (κ2) is 7.18. The van der Waals surface area contributed by atoms with Crippen LogP contribution in [0.2, 0.25) is 0 Å². The van der Waals surface area contributed by atoms with Gasteiger partial charge in [-0.15, -0.1) is 0 Å². The van der Waals surface area contributed by atoms with Crippen molar-refractivity contribution in [1.82, 2.24) is 10.2 Å². The van der Waals surface area contributed by atoms with Crippen LogP contribution in [0.5, 0.6) is 11.5 Å². The van der Waals surface area contributed by atoms with Crippen LogP contribution in [-0.4, -0.2) is 41.8 Å². The van der Waals surface area contributed by atoms with E-state index in [1.165, 1.54) is 0 Å². The van der Waals surface area contributed by atoms with Crippen molar-refractivity contribution in [3.63, 3.8) is 0 Å². The van der Waals surface area contributed by atoms with Crippen molar-refractivity contribution in [2.75, 3.05) is 19.9 Å². The SMILES string of the molecule is CC(C)CNC(=O)CN1C(=O)S/C(=C\c2ccc3c(c2)OCO3)C1=O. The van der Waals surface area contributed by atoms with Gasteiger partial charge >= 0.3 is 0 Å². The Bertz CT molecular complexity index is 759. The smallest absolute Gasteiger partial charge is 0.294 e. The first kappa shape index (κ1) is 17.3. The van der Waals surface area contributed by atoms with Crippen LogP contribution in [0, 0.1) is 5.92 Å². The Balaban J connectivity index is 1.69. The fourth-order valence-electron chi connectivity index (χ4n) is 2.31. The quantitative estimate of drug-likeness (QED) is 0.809. The summed E-state index contributed by atoms with van der Waals surface area (Å²) in [7, 11) is 0. The topological polar surface area (TPSA) is 84.9 Å². The maximum Gasteiger partial charge on any atom is 0.294 e. The summed E-state index contributed by atoms with van der Waals surface area (Å²) in [5, 5.41) is 2.25. The van der Waals surface area contributed by atoms with Crippen LogP contribution >= 0.6 is 11.8 Å². The highest BCUT2D eigenvalue weighted by molar-refractivity contribution is 8.18. The highest BCUT2D eigenvalue weighted by Crippen LogP contribution is 2.36. The van der Waals surface area contributed by atoms with Crippen molar-refractivity contribution in [2.24, 2.45) is 5.92 Å². The standard InChI is InChI=1S/C17H18N2O5S/c1-10(2)7-18-15(20)8-19-16(21)14(25-17(19)22)6-11-3-4-12-13(5-11)24-9-23-12/h3-6,10H,7-9H2,1-2H3,(H,18,20)/b14-6-. The molecular weight excluding hydrogens is 344 g/mol. The summed E-state index contributed by atoms with van der Waals surface area (Å²) in [6.07, 6.45) is 1.61. The van der Waals surface area contributed by atoms with Crippen molar-refractivity contribution < 1.29 is 23.9 Å². The van der Waals surface area contributed by atoms with E-state index in [1.54, 1.807) is 24.3 Å². The molecule has 0 spiro atoms. The third-order valence-corrected chi connectivity index (χ3v) is 4.48. The maximum absolute atomic E-state index is 12.4. The van der Waals surface area contributed by atoms with Crippen molar-refractivity contribution in [3.8, 4) is 11.5 Å². The van der Waals surface area contributed by atoms with Gasteiger partial charge in [-0.25, -0.2) is 0 Å². The van der Waals surface area contributed by atoms with Crippen LogP contribution < -0.4 is 14.8 Å². The Morgan fingerprint density at radius 3 is 2.84 bits per heavy atom. The summed E-state index contributed by atoms with van der Waals surface area (Å²) < 4.78 is 10.5. The monoisotopic (exact) mass is 362 g/mol. The Morgan fingerprint density at radius 2 is 2.08 bits per heavy atom. The van der Waals surface area contributed by atoms with E-state index in [2.05, 4.69) is 5.32 Å². The van der Waals surface area contributed by atoms with Gasteiger partial charge in [0.2, 0.25) is 12.7 Å². The van der Waals surface area contributed by atoms with Crippen LogP contribution in [0.4, 0.5) is 4.79 Å². The molecule has 0 radical (unpaired) electrons. The summed E-state index contributed by atoms with van der Waals surface area (Å²) in [6, 6.07) is 5.26. The van der Waals surface area contributed by atoms with Crippen LogP contribution in [0.15, 0.2) is 23.1 Å². The molecule has 25 heavy (non-hydrogen) atoms. The number of carbonyl (C=O) groups is 3. The van der Waals surface area contributed by atoms with Crippen LogP contribution in [0.25, 0.3) is 6.08 Å². The first-order valence-electron chi connectivity index (χ1n) is 7.86. The minimum absolute atomic E-state index is 0.167. The number of imide groups is 1. The number of thioether (sulfide) groups is 1. The Kier molecular flexibility index (Phi) is 4.98. The van der Waals surface area contributed by atoms with E-state index in [4.69, 9.17) is 9.47 Å². The molecule has 1 aromatic rings. The van der Waals surface area contributed by atoms with Gasteiger partial charge in [-0.3, -0.25) is 19.3 Å². The second-order valence-electron chi connectivity index (χ2n) is 6.08. The second-order valence-corrected chi connectivity index (χ2v) is 7.07. The molecule has 132 valence electrons. The lowest BCUT2D eigenvalue weighted by molar-refractivity contribution is -0.129. The minimum atomic E-state index is -0.465. The molecule has 7 nitrogen and oxygen atoms in total. The van der Waals surface area contributed by atoms with Gasteiger partial charge in [0, 0.05) is 6.54 Å². The normalized spacial score (nSPS) is 17.7. The third kappa shape index (κ3) is 3.96. The highest BCUT2D eigenvalue weighted by atomic mass is 32.2. The number of fused-ring (bicyclic) bond motifs is 1. The number of nitrogens with one attached hydrogen (secondary N) is 1. The van der Waals surface area contributed by atoms with E-state index < -0.39 is 11.1 Å². The zero-order valence-corrected chi connectivity index (χ0v) is 14.7. The lowest BCUT2D eigenvalue weighted by Crippen LogP contribution is -2.40. The third-order valence-electron chi connectivity index (χ3n) is 3.58. The van der Waals surface area contributed by atoms with E-state index in [-0.39, 0.29) is 24.2 Å². The summed E-state index contributed by atoms with van der Waals surface area (Å²) in [6.45, 7) is 4.34. The molecule has 0 atom stereocenters. The molecule has 1 aromatic carbocycles. The molecule has 0 aliphatic carbocycles. The average Bonchev–Trinajstić information content (AvgIpc) is 3.13. The summed E-state index contributed by atoms with van der Waals surface area (Å²) >= 11 is 0.823. The Labute approximate surface area is 149 Å². The van der Waals surface area contributed by atoms with Crippen molar-refractivity contribution in [2.45, 2.75) is 13.8 Å². The van der Waals surface area contributed by atoms with E-state index in [0.717, 1.165) is 22.2 Å². The van der Waals surface area contributed by atoms with Gasteiger partial charge in [0.1, 0.15) is 6.54 Å². The number of amides is 3. The molecule has 1 saturated heterocycles. The Morgan fingerprint density at radius 1 is 1.32 bits per heavy atom. The van der Waals surface area contributed by atoms with E-state index >= 15 is 0 Å². The molecule has 1 N–H and O–H groups in total. The minimum Gasteiger partial charge on any atom is -0.454 e. The number of nitrogens with zero attached hydrogens (tertiary/aromatic N) is 1. The van der Waals surface area contributed by atoms with Gasteiger partial charge in [0.25, 0.3) is 11.1 Å². The van der Waals surface area contributed by atoms with Crippen molar-refractivity contribution in [3.05, 3.63) is 28.7 Å². The summed E-state index contributed by atoms with van der Waals surface area (Å²) in [4.78, 5) is 37.6. The van der Waals surface area contributed by atoms with E-state index in [1.807, 2.05) is 13.8 Å². The molecule has 8 heteroatoms. The number of hydrogen-bond donors (Lipinski definition) is 1. The number of rotatable bonds is 5. The fraction of sp³-hybridized carbons (Fsp3) is 0.353. The van der Waals surface area contributed by atoms with Crippen molar-refractivity contribution in [1.29, 1.82) is 0 Å². The molecule has 0 aromatic heterocycles. The number of carbonyl (C=O) groups excluding carboxylic acids is 3. The average molecular weight is 362 g/mol. The summed E-state index contributed by atoms with van der Waals surface area (Å²) in [5.74, 6) is 0.727. The number of benzene rings is 1. The largest absolute Gasteiger partial charge is 0.454 e. The van der Waals surface area contributed by atoms with E-state index in [9.17, 15) is 14.4 Å². The van der Waals surface area contributed by atoms with Gasteiger partial charge in [0.05, 0.1) is 4.91 Å². The van der Waals surface area contributed by atoms with Crippen LogP contribution in [-0.2, 0) is 9.59 Å². The molecule has 0 unspecified atom stereocenters. The fourth-order valence-corrected chi connectivity index (χ4v) is 3.15. The number of hydrogen-bond acceptors (Lipinski definition) is 6. The zero-order chi connectivity index (χ0) is 18.0. The van der Waals surface area contributed by atoms with Gasteiger partial charge < -0.3 is 14.8 Å². The van der Waals surface area contributed by atoms with Crippen molar-refractivity contribution >= 4 is 34.9 Å². The molecule has 3 amide bonds. The molecule has 0 saturated carbocycles.